The van der Waals surface area contributed by atoms with Crippen LogP contribution < -0.4 is 14.4 Å². The van der Waals surface area contributed by atoms with Crippen LogP contribution in [-0.4, -0.2) is 4.57 Å². The van der Waals surface area contributed by atoms with Gasteiger partial charge >= 0.3 is 0 Å². The van der Waals surface area contributed by atoms with Crippen LogP contribution in [-0.2, 0) is 0 Å². The zero-order valence-corrected chi connectivity index (χ0v) is 34.9. The lowest BCUT2D eigenvalue weighted by atomic mass is 10.0. The van der Waals surface area contributed by atoms with Gasteiger partial charge in [-0.2, -0.15) is 0 Å². The number of benzene rings is 9. The van der Waals surface area contributed by atoms with E-state index in [0.29, 0.717) is 5.75 Å². The second-order valence-electron chi connectivity index (χ2n) is 15.7. The zero-order chi connectivity index (χ0) is 41.7. The molecule has 0 saturated carbocycles. The van der Waals surface area contributed by atoms with Crippen molar-refractivity contribution in [2.75, 3.05) is 4.90 Å². The molecule has 4 nitrogen and oxygen atoms in total. The molecule has 0 saturated heterocycles. The summed E-state index contributed by atoms with van der Waals surface area (Å²) in [4.78, 5) is 4.78. The van der Waals surface area contributed by atoms with Crippen LogP contribution in [0.1, 0.15) is 0 Å². The van der Waals surface area contributed by atoms with Gasteiger partial charge in [-0.25, -0.2) is 0 Å². The number of thiophene rings is 1. The van der Waals surface area contributed by atoms with Crippen LogP contribution >= 0.6 is 11.3 Å². The molecule has 0 N–H and O–H groups in total. The number of fused-ring (bicyclic) bond motifs is 5. The Hall–Kier alpha value is -8.12. The predicted octanol–water partition coefficient (Wildman–Crippen LogP) is 16.9. The van der Waals surface area contributed by atoms with Crippen LogP contribution in [0.5, 0.6) is 23.0 Å². The predicted molar refractivity (Wildman–Crippen MR) is 262 cm³/mol. The fourth-order valence-corrected chi connectivity index (χ4v) is 9.80. The Labute approximate surface area is 369 Å². The van der Waals surface area contributed by atoms with Crippen LogP contribution in [0.25, 0.3) is 70.6 Å². The average molecular weight is 827 g/mol. The largest absolute Gasteiger partial charge is 0.449 e. The van der Waals surface area contributed by atoms with Gasteiger partial charge in [-0.1, -0.05) is 140 Å². The molecule has 0 bridgehead atoms. The van der Waals surface area contributed by atoms with Gasteiger partial charge in [0, 0.05) is 49.3 Å². The fraction of sp³-hybridized carbons (Fsp3) is 0. The average Bonchev–Trinajstić information content (AvgIpc) is 3.98. The lowest BCUT2D eigenvalue weighted by molar-refractivity contribution is 0.360. The molecule has 298 valence electrons. The Morgan fingerprint density at radius 1 is 0.317 bits per heavy atom. The van der Waals surface area contributed by atoms with Crippen molar-refractivity contribution in [3.63, 3.8) is 0 Å². The first-order valence-corrected chi connectivity index (χ1v) is 22.0. The minimum atomic E-state index is 0.712. The summed E-state index contributed by atoms with van der Waals surface area (Å²) in [5, 5.41) is 2.29. The molecule has 12 rings (SSSR count). The lowest BCUT2D eigenvalue weighted by Crippen LogP contribution is -2.09. The van der Waals surface area contributed by atoms with Crippen LogP contribution in [0.4, 0.5) is 17.1 Å². The summed E-state index contributed by atoms with van der Waals surface area (Å²) in [7, 11) is 0. The van der Waals surface area contributed by atoms with E-state index < -0.39 is 0 Å². The number of hydrogen-bond donors (Lipinski definition) is 0. The second kappa shape index (κ2) is 15.4. The number of aromatic nitrogens is 1. The fourth-order valence-electron chi connectivity index (χ4n) is 8.78. The maximum absolute atomic E-state index is 6.34. The van der Waals surface area contributed by atoms with E-state index in [1.54, 1.807) is 0 Å². The number of rotatable bonds is 8. The zero-order valence-electron chi connectivity index (χ0n) is 34.1. The SMILES string of the molecule is c1ccc(-c2ccc(N(c3ccc(-c4ccccc4)cc3)c3ccc(-c4ccc(-c5ccc(-n6c7ccccc7c7cc8c(cc76)Oc6ccccc6O8)cc5)s4)cc3)cc2)cc1. The van der Waals surface area contributed by atoms with Crippen molar-refractivity contribution in [1.29, 1.82) is 0 Å². The van der Waals surface area contributed by atoms with Crippen molar-refractivity contribution in [2.45, 2.75) is 0 Å². The number of ether oxygens (including phenoxy) is 2. The maximum atomic E-state index is 6.34. The van der Waals surface area contributed by atoms with Gasteiger partial charge in [0.2, 0.25) is 0 Å². The van der Waals surface area contributed by atoms with E-state index in [2.05, 4.69) is 216 Å². The molecule has 0 fully saturated rings. The van der Waals surface area contributed by atoms with Gasteiger partial charge in [0.15, 0.2) is 23.0 Å². The van der Waals surface area contributed by atoms with E-state index in [9.17, 15) is 0 Å². The van der Waals surface area contributed by atoms with E-state index in [0.717, 1.165) is 56.4 Å². The third kappa shape index (κ3) is 6.72. The van der Waals surface area contributed by atoms with Gasteiger partial charge in [0.05, 0.1) is 11.0 Å². The Morgan fingerprint density at radius 3 is 1.29 bits per heavy atom. The highest BCUT2D eigenvalue weighted by Gasteiger charge is 2.23. The van der Waals surface area contributed by atoms with E-state index in [-0.39, 0.29) is 0 Å². The van der Waals surface area contributed by atoms with Crippen molar-refractivity contribution in [3.05, 3.63) is 231 Å². The molecule has 0 amide bonds. The summed E-state index contributed by atoms with van der Waals surface area (Å²) in [6.45, 7) is 0. The third-order valence-corrected chi connectivity index (χ3v) is 13.1. The van der Waals surface area contributed by atoms with Crippen molar-refractivity contribution in [2.24, 2.45) is 0 Å². The Balaban J connectivity index is 0.838. The van der Waals surface area contributed by atoms with Crippen molar-refractivity contribution in [3.8, 4) is 71.8 Å². The normalized spacial score (nSPS) is 11.7. The molecule has 0 unspecified atom stereocenters. The monoisotopic (exact) mass is 826 g/mol. The number of anilines is 3. The first kappa shape index (κ1) is 36.7. The van der Waals surface area contributed by atoms with Crippen LogP contribution in [0, 0.1) is 0 Å². The van der Waals surface area contributed by atoms with E-state index in [4.69, 9.17) is 9.47 Å². The lowest BCUT2D eigenvalue weighted by Gasteiger charge is -2.26. The minimum absolute atomic E-state index is 0.712. The van der Waals surface area contributed by atoms with Crippen LogP contribution in [0.3, 0.4) is 0 Å². The Kier molecular flexibility index (Phi) is 8.98. The molecule has 1 aliphatic rings. The molecule has 0 atom stereocenters. The molecule has 2 aromatic heterocycles. The quantitative estimate of drug-likeness (QED) is 0.153. The number of hydrogen-bond acceptors (Lipinski definition) is 4. The maximum Gasteiger partial charge on any atom is 0.172 e. The van der Waals surface area contributed by atoms with Crippen molar-refractivity contribution < 1.29 is 9.47 Å². The van der Waals surface area contributed by atoms with E-state index in [1.165, 1.54) is 48.5 Å². The van der Waals surface area contributed by atoms with Crippen LogP contribution in [0.15, 0.2) is 231 Å². The van der Waals surface area contributed by atoms with Gasteiger partial charge in [0.1, 0.15) is 0 Å². The van der Waals surface area contributed by atoms with Gasteiger partial charge in [-0.3, -0.25) is 0 Å². The summed E-state index contributed by atoms with van der Waals surface area (Å²) in [5.74, 6) is 2.89. The second-order valence-corrected chi connectivity index (χ2v) is 16.8. The van der Waals surface area contributed by atoms with Gasteiger partial charge in [-0.05, 0) is 118 Å². The molecular weight excluding hydrogens is 789 g/mol. The molecule has 3 heterocycles. The van der Waals surface area contributed by atoms with Gasteiger partial charge in [-0.15, -0.1) is 11.3 Å². The first-order chi connectivity index (χ1) is 31.2. The van der Waals surface area contributed by atoms with E-state index >= 15 is 0 Å². The topological polar surface area (TPSA) is 26.6 Å². The summed E-state index contributed by atoms with van der Waals surface area (Å²) in [6.07, 6.45) is 0. The molecule has 0 aliphatic carbocycles. The van der Waals surface area contributed by atoms with Crippen molar-refractivity contribution >= 4 is 50.2 Å². The number of nitrogens with zero attached hydrogens (tertiary/aromatic N) is 2. The minimum Gasteiger partial charge on any atom is -0.449 e. The molecule has 5 heteroatoms. The molecule has 63 heavy (non-hydrogen) atoms. The summed E-state index contributed by atoms with van der Waals surface area (Å²) >= 11 is 1.81. The van der Waals surface area contributed by atoms with Crippen molar-refractivity contribution in [1.82, 2.24) is 4.57 Å². The summed E-state index contributed by atoms with van der Waals surface area (Å²) < 4.78 is 15.0. The highest BCUT2D eigenvalue weighted by molar-refractivity contribution is 7.18. The van der Waals surface area contributed by atoms with Crippen LogP contribution in [0.2, 0.25) is 0 Å². The molecular formula is C58H38N2O2S. The number of para-hydroxylation sites is 3. The van der Waals surface area contributed by atoms with E-state index in [1.807, 2.05) is 35.6 Å². The van der Waals surface area contributed by atoms with Gasteiger partial charge in [0.25, 0.3) is 0 Å². The molecule has 11 aromatic rings. The molecule has 0 spiro atoms. The Morgan fingerprint density at radius 2 is 0.746 bits per heavy atom. The smallest absolute Gasteiger partial charge is 0.172 e. The highest BCUT2D eigenvalue weighted by atomic mass is 32.1. The third-order valence-electron chi connectivity index (χ3n) is 11.9. The molecule has 9 aromatic carbocycles. The van der Waals surface area contributed by atoms with Gasteiger partial charge < -0.3 is 18.9 Å². The highest BCUT2D eigenvalue weighted by Crippen LogP contribution is 2.48. The molecule has 0 radical (unpaired) electrons. The summed E-state index contributed by atoms with van der Waals surface area (Å²) in [5.41, 5.74) is 13.8. The molecule has 1 aliphatic heterocycles. The first-order valence-electron chi connectivity index (χ1n) is 21.1. The standard InChI is InChI=1S/C58H38N2O2S/c1-3-11-39(12-4-1)41-19-27-45(28-20-41)59(46-29-21-42(22-30-46)40-13-5-2-6-14-40)47-31-23-43(24-32-47)57-35-36-58(63-57)44-25-33-48(34-26-44)60-51-16-8-7-15-49(51)50-37-55-56(38-52(50)60)62-54-18-10-9-17-53(54)61-55/h1-38H. The summed E-state index contributed by atoms with van der Waals surface area (Å²) in [6, 6.07) is 81.7. The Bertz CT molecular complexity index is 3330.